The van der Waals surface area contributed by atoms with E-state index in [1.807, 2.05) is 6.92 Å². The van der Waals surface area contributed by atoms with Gasteiger partial charge in [-0.15, -0.1) is 0 Å². The van der Waals surface area contributed by atoms with Crippen molar-refractivity contribution < 1.29 is 4.79 Å². The van der Waals surface area contributed by atoms with Crippen LogP contribution >= 0.6 is 12.2 Å². The SMILES string of the molecule is CCN(CC(=O)NC1CCCCCC1)CC(C)C(N)=S. The van der Waals surface area contributed by atoms with Crippen molar-refractivity contribution in [1.82, 2.24) is 10.2 Å². The summed E-state index contributed by atoms with van der Waals surface area (Å²) in [5, 5.41) is 3.18. The zero-order valence-electron chi connectivity index (χ0n) is 12.9. The van der Waals surface area contributed by atoms with Gasteiger partial charge < -0.3 is 11.1 Å². The van der Waals surface area contributed by atoms with Gasteiger partial charge in [0.25, 0.3) is 0 Å². The average molecular weight is 299 g/mol. The standard InChI is InChI=1S/C15H29N3OS/c1-3-18(10-12(2)15(16)20)11-14(19)17-13-8-6-4-5-7-9-13/h12-13H,3-11H2,1-2H3,(H2,16,20)(H,17,19). The molecule has 0 spiro atoms. The molecule has 0 aliphatic heterocycles. The highest BCUT2D eigenvalue weighted by Gasteiger charge is 2.18. The summed E-state index contributed by atoms with van der Waals surface area (Å²) in [6.07, 6.45) is 7.34. The van der Waals surface area contributed by atoms with Crippen LogP contribution in [0.1, 0.15) is 52.4 Å². The summed E-state index contributed by atoms with van der Waals surface area (Å²) >= 11 is 4.99. The average Bonchev–Trinajstić information content (AvgIpc) is 2.66. The van der Waals surface area contributed by atoms with Gasteiger partial charge in [0.1, 0.15) is 0 Å². The van der Waals surface area contributed by atoms with E-state index in [2.05, 4.69) is 17.1 Å². The first-order valence-electron chi connectivity index (χ1n) is 7.84. The monoisotopic (exact) mass is 299 g/mol. The molecule has 1 rings (SSSR count). The first-order valence-corrected chi connectivity index (χ1v) is 8.24. The molecule has 0 heterocycles. The van der Waals surface area contributed by atoms with E-state index in [0.717, 1.165) is 25.9 Å². The Labute approximate surface area is 128 Å². The van der Waals surface area contributed by atoms with E-state index in [1.165, 1.54) is 25.7 Å². The van der Waals surface area contributed by atoms with E-state index < -0.39 is 0 Å². The van der Waals surface area contributed by atoms with E-state index in [1.54, 1.807) is 0 Å². The van der Waals surface area contributed by atoms with Crippen molar-refractivity contribution >= 4 is 23.1 Å². The number of nitrogens with one attached hydrogen (secondary N) is 1. The first kappa shape index (κ1) is 17.4. The van der Waals surface area contributed by atoms with E-state index in [4.69, 9.17) is 18.0 Å². The lowest BCUT2D eigenvalue weighted by Crippen LogP contribution is -2.44. The minimum atomic E-state index is 0.133. The van der Waals surface area contributed by atoms with Crippen molar-refractivity contribution in [1.29, 1.82) is 0 Å². The smallest absolute Gasteiger partial charge is 0.234 e. The number of likely N-dealkylation sites (N-methyl/N-ethyl adjacent to an activating group) is 1. The molecule has 4 nitrogen and oxygen atoms in total. The lowest BCUT2D eigenvalue weighted by molar-refractivity contribution is -0.123. The molecular formula is C15H29N3OS. The highest BCUT2D eigenvalue weighted by molar-refractivity contribution is 7.80. The van der Waals surface area contributed by atoms with Gasteiger partial charge in [-0.05, 0) is 19.4 Å². The van der Waals surface area contributed by atoms with Crippen LogP contribution in [0.15, 0.2) is 0 Å². The number of thiocarbonyl (C=S) groups is 1. The van der Waals surface area contributed by atoms with Gasteiger partial charge in [-0.25, -0.2) is 0 Å². The topological polar surface area (TPSA) is 58.4 Å². The summed E-state index contributed by atoms with van der Waals surface area (Å²) in [6, 6.07) is 0.372. The fourth-order valence-corrected chi connectivity index (χ4v) is 2.76. The van der Waals surface area contributed by atoms with Crippen molar-refractivity contribution in [2.24, 2.45) is 11.7 Å². The molecular weight excluding hydrogens is 270 g/mol. The van der Waals surface area contributed by atoms with E-state index in [0.29, 0.717) is 17.6 Å². The summed E-state index contributed by atoms with van der Waals surface area (Å²) in [7, 11) is 0. The van der Waals surface area contributed by atoms with Gasteiger partial charge >= 0.3 is 0 Å². The van der Waals surface area contributed by atoms with Crippen molar-refractivity contribution in [3.63, 3.8) is 0 Å². The number of nitrogens with two attached hydrogens (primary N) is 1. The Hall–Kier alpha value is -0.680. The molecule has 1 fully saturated rings. The maximum atomic E-state index is 12.1. The minimum Gasteiger partial charge on any atom is -0.393 e. The van der Waals surface area contributed by atoms with E-state index >= 15 is 0 Å². The maximum Gasteiger partial charge on any atom is 0.234 e. The van der Waals surface area contributed by atoms with Gasteiger partial charge in [0, 0.05) is 18.5 Å². The molecule has 0 aromatic heterocycles. The largest absolute Gasteiger partial charge is 0.393 e. The molecule has 0 radical (unpaired) electrons. The molecule has 20 heavy (non-hydrogen) atoms. The highest BCUT2D eigenvalue weighted by Crippen LogP contribution is 2.17. The molecule has 1 unspecified atom stereocenters. The normalized spacial score (nSPS) is 18.6. The number of rotatable bonds is 7. The fraction of sp³-hybridized carbons (Fsp3) is 0.867. The lowest BCUT2D eigenvalue weighted by Gasteiger charge is -2.24. The Kier molecular flexibility index (Phi) is 8.07. The van der Waals surface area contributed by atoms with Crippen LogP contribution in [-0.2, 0) is 4.79 Å². The molecule has 0 aromatic carbocycles. The molecule has 1 aliphatic carbocycles. The predicted molar refractivity (Wildman–Crippen MR) is 87.7 cm³/mol. The zero-order valence-corrected chi connectivity index (χ0v) is 13.7. The molecule has 1 aliphatic rings. The zero-order chi connectivity index (χ0) is 15.0. The summed E-state index contributed by atoms with van der Waals surface area (Å²) in [6.45, 7) is 6.11. The van der Waals surface area contributed by atoms with Crippen LogP contribution < -0.4 is 11.1 Å². The van der Waals surface area contributed by atoms with Crippen LogP contribution in [0.5, 0.6) is 0 Å². The third-order valence-electron chi connectivity index (χ3n) is 4.05. The quantitative estimate of drug-likeness (QED) is 0.558. The van der Waals surface area contributed by atoms with Crippen LogP contribution in [-0.4, -0.2) is 41.5 Å². The second-order valence-corrected chi connectivity index (χ2v) is 6.36. The number of hydrogen-bond acceptors (Lipinski definition) is 3. The Morgan fingerprint density at radius 1 is 1.35 bits per heavy atom. The van der Waals surface area contributed by atoms with Gasteiger partial charge in [0.2, 0.25) is 5.91 Å². The third kappa shape index (κ3) is 6.66. The van der Waals surface area contributed by atoms with Crippen molar-refractivity contribution in [2.75, 3.05) is 19.6 Å². The number of carbonyl (C=O) groups excluding carboxylic acids is 1. The molecule has 1 amide bonds. The number of hydrogen-bond donors (Lipinski definition) is 2. The van der Waals surface area contributed by atoms with Gasteiger partial charge in [0.05, 0.1) is 11.5 Å². The van der Waals surface area contributed by atoms with Gasteiger partial charge in [-0.3, -0.25) is 9.69 Å². The Morgan fingerprint density at radius 2 is 1.95 bits per heavy atom. The molecule has 0 bridgehead atoms. The lowest BCUT2D eigenvalue weighted by atomic mass is 10.1. The first-order chi connectivity index (χ1) is 9.52. The maximum absolute atomic E-state index is 12.1. The molecule has 116 valence electrons. The van der Waals surface area contributed by atoms with Crippen LogP contribution in [0.3, 0.4) is 0 Å². The van der Waals surface area contributed by atoms with Crippen LogP contribution in [0.25, 0.3) is 0 Å². The third-order valence-corrected chi connectivity index (χ3v) is 4.45. The molecule has 1 atom stereocenters. The Morgan fingerprint density at radius 3 is 2.45 bits per heavy atom. The van der Waals surface area contributed by atoms with Crippen LogP contribution in [0.4, 0.5) is 0 Å². The second-order valence-electron chi connectivity index (χ2n) is 5.89. The Bertz CT molecular complexity index is 314. The molecule has 0 aromatic rings. The van der Waals surface area contributed by atoms with Crippen molar-refractivity contribution in [3.8, 4) is 0 Å². The number of amides is 1. The predicted octanol–water partition coefficient (Wildman–Crippen LogP) is 2.07. The van der Waals surface area contributed by atoms with Crippen LogP contribution in [0, 0.1) is 5.92 Å². The van der Waals surface area contributed by atoms with Gasteiger partial charge in [-0.1, -0.05) is 51.7 Å². The van der Waals surface area contributed by atoms with Gasteiger partial charge in [0.15, 0.2) is 0 Å². The summed E-state index contributed by atoms with van der Waals surface area (Å²) < 4.78 is 0. The van der Waals surface area contributed by atoms with Gasteiger partial charge in [-0.2, -0.15) is 0 Å². The van der Waals surface area contributed by atoms with Crippen molar-refractivity contribution in [2.45, 2.75) is 58.4 Å². The fourth-order valence-electron chi connectivity index (χ4n) is 2.68. The minimum absolute atomic E-state index is 0.133. The summed E-state index contributed by atoms with van der Waals surface area (Å²) in [4.78, 5) is 14.8. The van der Waals surface area contributed by atoms with Crippen molar-refractivity contribution in [3.05, 3.63) is 0 Å². The second kappa shape index (κ2) is 9.29. The highest BCUT2D eigenvalue weighted by atomic mass is 32.1. The van der Waals surface area contributed by atoms with E-state index in [-0.39, 0.29) is 11.8 Å². The van der Waals surface area contributed by atoms with Crippen LogP contribution in [0.2, 0.25) is 0 Å². The molecule has 3 N–H and O–H groups in total. The summed E-state index contributed by atoms with van der Waals surface area (Å²) in [5.74, 6) is 0.282. The molecule has 1 saturated carbocycles. The molecule has 0 saturated heterocycles. The Balaban J connectivity index is 2.36. The summed E-state index contributed by atoms with van der Waals surface area (Å²) in [5.41, 5.74) is 5.64. The van der Waals surface area contributed by atoms with E-state index in [9.17, 15) is 4.79 Å². The number of nitrogens with zero attached hydrogens (tertiary/aromatic N) is 1. The molecule has 5 heteroatoms. The number of carbonyl (C=O) groups is 1.